The number of aliphatic hydroxyl groups excluding tert-OH is 3. The molecule has 0 saturated carbocycles. The van der Waals surface area contributed by atoms with Crippen LogP contribution in [0, 0.1) is 11.7 Å². The zero-order valence-corrected chi connectivity index (χ0v) is 17.9. The second-order valence-electron chi connectivity index (χ2n) is 9.74. The van der Waals surface area contributed by atoms with Crippen molar-refractivity contribution in [2.75, 3.05) is 13.6 Å². The van der Waals surface area contributed by atoms with E-state index in [4.69, 9.17) is 14.2 Å². The van der Waals surface area contributed by atoms with E-state index < -0.39 is 60.1 Å². The molecular formula is C23H26FNO8. The Morgan fingerprint density at radius 3 is 2.76 bits per heavy atom. The summed E-state index contributed by atoms with van der Waals surface area (Å²) in [5.41, 5.74) is 1.41. The highest BCUT2D eigenvalue weighted by Gasteiger charge is 2.65. The largest absolute Gasteiger partial charge is 0.483 e. The molecule has 10 atom stereocenters. The zero-order chi connectivity index (χ0) is 23.2. The molecule has 178 valence electrons. The molecule has 0 radical (unpaired) electrons. The third kappa shape index (κ3) is 2.76. The van der Waals surface area contributed by atoms with Crippen LogP contribution in [0.1, 0.15) is 17.5 Å². The van der Waals surface area contributed by atoms with Crippen molar-refractivity contribution in [3.63, 3.8) is 0 Å². The van der Waals surface area contributed by atoms with Crippen molar-refractivity contribution >= 4 is 5.97 Å². The van der Waals surface area contributed by atoms with Crippen LogP contribution in [-0.2, 0) is 26.1 Å². The second kappa shape index (κ2) is 7.21. The lowest BCUT2D eigenvalue weighted by atomic mass is 9.53. The molecular weight excluding hydrogens is 436 g/mol. The second-order valence-corrected chi connectivity index (χ2v) is 9.74. The minimum Gasteiger partial charge on any atom is -0.483 e. The molecule has 4 N–H and O–H groups in total. The molecule has 6 rings (SSSR count). The summed E-state index contributed by atoms with van der Waals surface area (Å²) in [7, 11) is 2.08. The van der Waals surface area contributed by atoms with Gasteiger partial charge in [-0.3, -0.25) is 0 Å². The zero-order valence-electron chi connectivity index (χ0n) is 17.9. The van der Waals surface area contributed by atoms with E-state index in [1.165, 1.54) is 6.07 Å². The summed E-state index contributed by atoms with van der Waals surface area (Å²) in [5, 5.41) is 39.9. The number of halogens is 1. The number of benzene rings is 1. The van der Waals surface area contributed by atoms with E-state index in [9.17, 15) is 29.6 Å². The van der Waals surface area contributed by atoms with Gasteiger partial charge in [-0.05, 0) is 38.1 Å². The molecule has 2 fully saturated rings. The number of rotatable bonds is 3. The fourth-order valence-electron chi connectivity index (χ4n) is 6.64. The summed E-state index contributed by atoms with van der Waals surface area (Å²) in [5.74, 6) is -1.62. The monoisotopic (exact) mass is 462 g/mol. The van der Waals surface area contributed by atoms with Gasteiger partial charge in [0.15, 0.2) is 24.0 Å². The van der Waals surface area contributed by atoms with Gasteiger partial charge in [-0.1, -0.05) is 18.2 Å². The molecule has 2 bridgehead atoms. The molecule has 0 aromatic heterocycles. The third-order valence-corrected chi connectivity index (χ3v) is 8.21. The van der Waals surface area contributed by atoms with E-state index in [0.29, 0.717) is 0 Å². The summed E-state index contributed by atoms with van der Waals surface area (Å²) in [6.45, 7) is 0.797. The quantitative estimate of drug-likeness (QED) is 0.442. The van der Waals surface area contributed by atoms with E-state index in [2.05, 4.69) is 11.9 Å². The molecule has 5 aliphatic rings. The first-order valence-corrected chi connectivity index (χ1v) is 11.2. The molecule has 2 saturated heterocycles. The van der Waals surface area contributed by atoms with Crippen molar-refractivity contribution in [3.05, 3.63) is 41.2 Å². The average Bonchev–Trinajstić information content (AvgIpc) is 3.14. The van der Waals surface area contributed by atoms with Crippen LogP contribution < -0.4 is 4.74 Å². The lowest BCUT2D eigenvalue weighted by Crippen LogP contribution is -2.66. The first-order valence-electron chi connectivity index (χ1n) is 11.2. The molecule has 2 aliphatic carbocycles. The van der Waals surface area contributed by atoms with E-state index in [1.54, 1.807) is 6.08 Å². The van der Waals surface area contributed by atoms with Gasteiger partial charge in [-0.15, -0.1) is 0 Å². The highest BCUT2D eigenvalue weighted by atomic mass is 18.2. The number of nitrogens with zero attached hydrogens (tertiary/aromatic N) is 1. The average molecular weight is 462 g/mol. The first kappa shape index (κ1) is 21.5. The topological polar surface area (TPSA) is 129 Å². The normalized spacial score (nSPS) is 45.4. The van der Waals surface area contributed by atoms with Crippen molar-refractivity contribution in [1.82, 2.24) is 4.90 Å². The van der Waals surface area contributed by atoms with Crippen molar-refractivity contribution in [1.29, 1.82) is 0 Å². The molecule has 33 heavy (non-hydrogen) atoms. The Kier molecular flexibility index (Phi) is 4.69. The van der Waals surface area contributed by atoms with Crippen LogP contribution in [0.15, 0.2) is 24.3 Å². The summed E-state index contributed by atoms with van der Waals surface area (Å²) >= 11 is 0. The van der Waals surface area contributed by atoms with Gasteiger partial charge in [-0.2, -0.15) is 0 Å². The number of likely N-dealkylation sites (tertiary alicyclic amines) is 1. The number of hydrogen-bond donors (Lipinski definition) is 4. The minimum absolute atomic E-state index is 0.0769. The molecule has 0 amide bonds. The van der Waals surface area contributed by atoms with Crippen molar-refractivity contribution in [2.24, 2.45) is 5.92 Å². The Morgan fingerprint density at radius 1 is 1.21 bits per heavy atom. The van der Waals surface area contributed by atoms with Crippen LogP contribution in [0.5, 0.6) is 5.75 Å². The maximum absolute atomic E-state index is 14.9. The Bertz CT molecular complexity index is 1030. The molecule has 0 unspecified atom stereocenters. The number of carboxylic acids is 1. The van der Waals surface area contributed by atoms with Gasteiger partial charge in [0.05, 0.1) is 0 Å². The van der Waals surface area contributed by atoms with Crippen molar-refractivity contribution in [3.8, 4) is 5.75 Å². The molecule has 1 spiro atoms. The van der Waals surface area contributed by atoms with Crippen LogP contribution in [0.3, 0.4) is 0 Å². The summed E-state index contributed by atoms with van der Waals surface area (Å²) in [6.07, 6.45) is -4.60. The molecule has 3 aliphatic heterocycles. The number of piperidine rings is 1. The number of carbonyl (C=O) groups is 1. The molecule has 3 heterocycles. The van der Waals surface area contributed by atoms with Gasteiger partial charge in [0.25, 0.3) is 0 Å². The Labute approximate surface area is 189 Å². The minimum atomic E-state index is -1.81. The van der Waals surface area contributed by atoms with Crippen molar-refractivity contribution in [2.45, 2.75) is 67.2 Å². The third-order valence-electron chi connectivity index (χ3n) is 8.21. The van der Waals surface area contributed by atoms with E-state index >= 15 is 0 Å². The maximum Gasteiger partial charge on any atom is 0.335 e. The maximum atomic E-state index is 14.9. The number of hydrogen-bond acceptors (Lipinski definition) is 8. The highest BCUT2D eigenvalue weighted by Crippen LogP contribution is 2.61. The molecule has 9 nitrogen and oxygen atoms in total. The fraction of sp³-hybridized carbons (Fsp3) is 0.609. The van der Waals surface area contributed by atoms with Gasteiger partial charge >= 0.3 is 5.97 Å². The molecule has 1 aromatic rings. The lowest BCUT2D eigenvalue weighted by Gasteiger charge is -2.57. The summed E-state index contributed by atoms with van der Waals surface area (Å²) < 4.78 is 32.4. The smallest absolute Gasteiger partial charge is 0.335 e. The lowest BCUT2D eigenvalue weighted by molar-refractivity contribution is -0.307. The predicted molar refractivity (Wildman–Crippen MR) is 109 cm³/mol. The van der Waals surface area contributed by atoms with Gasteiger partial charge in [-0.25, -0.2) is 9.18 Å². The molecule has 10 heteroatoms. The Hall–Kier alpha value is -2.08. The number of aliphatic hydroxyl groups is 3. The highest BCUT2D eigenvalue weighted by molar-refractivity contribution is 5.73. The van der Waals surface area contributed by atoms with Gasteiger partial charge in [0.2, 0.25) is 0 Å². The number of ether oxygens (including phenoxy) is 3. The van der Waals surface area contributed by atoms with Crippen LogP contribution in [0.25, 0.3) is 0 Å². The SMILES string of the molecule is CN1CC[C@]23c4c5ccc([18F])c4O[C@H]2[C@@H](O[C@@H]2O[C@H](C(=O)O)[C@@H](O)[C@H](O)[C@H]2O)C=C[C@H]3[C@H]1C5. The Morgan fingerprint density at radius 2 is 2.00 bits per heavy atom. The van der Waals surface area contributed by atoms with Crippen LogP contribution in [0.2, 0.25) is 0 Å². The van der Waals surface area contributed by atoms with E-state index in [0.717, 1.165) is 30.5 Å². The van der Waals surface area contributed by atoms with Gasteiger partial charge in [0, 0.05) is 22.9 Å². The first-order chi connectivity index (χ1) is 15.7. The van der Waals surface area contributed by atoms with Crippen LogP contribution in [0.4, 0.5) is 4.39 Å². The van der Waals surface area contributed by atoms with E-state index in [1.807, 2.05) is 12.1 Å². The van der Waals surface area contributed by atoms with Gasteiger partial charge < -0.3 is 39.5 Å². The predicted octanol–water partition coefficient (Wildman–Crippen LogP) is -0.452. The summed E-state index contributed by atoms with van der Waals surface area (Å²) in [6, 6.07) is 3.46. The van der Waals surface area contributed by atoms with Crippen LogP contribution in [-0.4, -0.2) is 93.8 Å². The fourth-order valence-corrected chi connectivity index (χ4v) is 6.64. The summed E-state index contributed by atoms with van der Waals surface area (Å²) in [4.78, 5) is 13.8. The van der Waals surface area contributed by atoms with Gasteiger partial charge in [0.1, 0.15) is 30.5 Å². The number of likely N-dealkylation sites (N-methyl/N-ethyl adjacent to an activating group) is 1. The Balaban J connectivity index is 1.38. The van der Waals surface area contributed by atoms with Crippen LogP contribution >= 0.6 is 0 Å². The van der Waals surface area contributed by atoms with E-state index in [-0.39, 0.29) is 17.7 Å². The van der Waals surface area contributed by atoms with Crippen molar-refractivity contribution < 1.29 is 43.8 Å². The number of aliphatic carboxylic acids is 1. The number of carboxylic acid groups (broad SMARTS) is 1. The standard InChI is InChI=1S/C23H26FNO8/c1-25-7-6-23-10-3-5-13(31-22-17(28)15(26)16(27)19(33-22)21(29)30)20(23)32-18-11(24)4-2-9(14(18)23)8-12(10)25/h2-5,10,12-13,15-17,19-20,22,26-28H,6-8H2,1H3,(H,29,30)/t10-,12+,13-,15-,16-,17+,19-,20-,22+,23-/m0/s1/i24-1. The molecule has 1 aromatic carbocycles.